The largest absolute Gasteiger partial charge is 0.330 e. The minimum atomic E-state index is 0.493. The van der Waals surface area contributed by atoms with Crippen molar-refractivity contribution in [3.8, 4) is 0 Å². The molecule has 1 aliphatic heterocycles. The van der Waals surface area contributed by atoms with Crippen LogP contribution in [-0.4, -0.2) is 30.6 Å². The van der Waals surface area contributed by atoms with Gasteiger partial charge >= 0.3 is 0 Å². The first-order valence-corrected chi connectivity index (χ1v) is 6.46. The van der Waals surface area contributed by atoms with Crippen molar-refractivity contribution in [2.45, 2.75) is 46.1 Å². The Hall–Kier alpha value is -0.0800. The van der Waals surface area contributed by atoms with Crippen molar-refractivity contribution >= 4 is 0 Å². The number of nitrogens with zero attached hydrogens (tertiary/aromatic N) is 1. The average molecular weight is 210 g/mol. The second-order valence-electron chi connectivity index (χ2n) is 6.51. The first-order valence-electron chi connectivity index (χ1n) is 6.46. The molecular formula is C13H26N2. The maximum atomic E-state index is 5.83. The third-order valence-electron chi connectivity index (χ3n) is 4.53. The van der Waals surface area contributed by atoms with Crippen molar-refractivity contribution in [1.29, 1.82) is 0 Å². The highest BCUT2D eigenvalue weighted by Crippen LogP contribution is 2.39. The molecule has 0 radical (unpaired) electrons. The van der Waals surface area contributed by atoms with Crippen LogP contribution in [-0.2, 0) is 0 Å². The van der Waals surface area contributed by atoms with Crippen LogP contribution in [0.2, 0.25) is 0 Å². The van der Waals surface area contributed by atoms with Gasteiger partial charge in [0, 0.05) is 19.1 Å². The first kappa shape index (κ1) is 11.4. The molecule has 1 saturated carbocycles. The van der Waals surface area contributed by atoms with Gasteiger partial charge in [-0.25, -0.2) is 0 Å². The van der Waals surface area contributed by atoms with Gasteiger partial charge in [-0.3, -0.25) is 4.90 Å². The lowest BCUT2D eigenvalue weighted by Gasteiger charge is -2.50. The Bertz CT molecular complexity index is 213. The summed E-state index contributed by atoms with van der Waals surface area (Å²) in [5.41, 5.74) is 6.33. The summed E-state index contributed by atoms with van der Waals surface area (Å²) in [6.45, 7) is 10.6. The van der Waals surface area contributed by atoms with E-state index in [1.807, 2.05) is 0 Å². The summed E-state index contributed by atoms with van der Waals surface area (Å²) >= 11 is 0. The van der Waals surface area contributed by atoms with Crippen molar-refractivity contribution in [3.05, 3.63) is 0 Å². The van der Waals surface area contributed by atoms with Gasteiger partial charge in [0.05, 0.1) is 0 Å². The Labute approximate surface area is 94.2 Å². The molecule has 0 spiro atoms. The molecule has 1 aliphatic carbocycles. The molecule has 2 unspecified atom stereocenters. The van der Waals surface area contributed by atoms with Crippen LogP contribution in [0.25, 0.3) is 0 Å². The summed E-state index contributed by atoms with van der Waals surface area (Å²) in [6.07, 6.45) is 4.14. The number of nitrogens with two attached hydrogens (primary N) is 1. The summed E-state index contributed by atoms with van der Waals surface area (Å²) in [5, 5.41) is 0. The predicted octanol–water partition coefficient (Wildman–Crippen LogP) is 2.09. The molecule has 0 aromatic rings. The van der Waals surface area contributed by atoms with Gasteiger partial charge in [-0.05, 0) is 36.6 Å². The van der Waals surface area contributed by atoms with E-state index in [4.69, 9.17) is 5.73 Å². The molecular weight excluding hydrogens is 184 g/mol. The Morgan fingerprint density at radius 1 is 1.20 bits per heavy atom. The molecule has 2 rings (SSSR count). The molecule has 88 valence electrons. The van der Waals surface area contributed by atoms with Gasteiger partial charge in [0.2, 0.25) is 0 Å². The van der Waals surface area contributed by atoms with Gasteiger partial charge in [0.25, 0.3) is 0 Å². The SMILES string of the molecule is CC(C)(C)C1CN(C2CCCC2CN)C1. The van der Waals surface area contributed by atoms with Crippen LogP contribution in [0.3, 0.4) is 0 Å². The van der Waals surface area contributed by atoms with Crippen LogP contribution in [0.5, 0.6) is 0 Å². The Morgan fingerprint density at radius 2 is 1.87 bits per heavy atom. The van der Waals surface area contributed by atoms with Crippen LogP contribution in [0.4, 0.5) is 0 Å². The van der Waals surface area contributed by atoms with Crippen LogP contribution < -0.4 is 5.73 Å². The standard InChI is InChI=1S/C13H26N2/c1-13(2,3)11-8-15(9-11)12-6-4-5-10(12)7-14/h10-12H,4-9,14H2,1-3H3. The maximum Gasteiger partial charge on any atom is 0.0136 e. The molecule has 0 amide bonds. The van der Waals surface area contributed by atoms with E-state index in [9.17, 15) is 0 Å². The molecule has 1 heterocycles. The summed E-state index contributed by atoms with van der Waals surface area (Å²) < 4.78 is 0. The summed E-state index contributed by atoms with van der Waals surface area (Å²) in [4.78, 5) is 2.68. The van der Waals surface area contributed by atoms with Crippen molar-refractivity contribution < 1.29 is 0 Å². The molecule has 2 heteroatoms. The highest BCUT2D eigenvalue weighted by atomic mass is 15.2. The van der Waals surface area contributed by atoms with E-state index in [-0.39, 0.29) is 0 Å². The van der Waals surface area contributed by atoms with Crippen molar-refractivity contribution in [1.82, 2.24) is 4.90 Å². The summed E-state index contributed by atoms with van der Waals surface area (Å²) in [5.74, 6) is 1.68. The highest BCUT2D eigenvalue weighted by molar-refractivity contribution is 4.95. The van der Waals surface area contributed by atoms with Crippen molar-refractivity contribution in [2.24, 2.45) is 23.0 Å². The lowest BCUT2D eigenvalue weighted by Crippen LogP contribution is -2.57. The molecule has 2 nitrogen and oxygen atoms in total. The van der Waals surface area contributed by atoms with Gasteiger partial charge in [-0.2, -0.15) is 0 Å². The summed E-state index contributed by atoms with van der Waals surface area (Å²) in [6, 6.07) is 0.814. The lowest BCUT2D eigenvalue weighted by molar-refractivity contribution is -0.0170. The zero-order valence-corrected chi connectivity index (χ0v) is 10.5. The van der Waals surface area contributed by atoms with E-state index in [2.05, 4.69) is 25.7 Å². The monoisotopic (exact) mass is 210 g/mol. The molecule has 2 fully saturated rings. The average Bonchev–Trinajstić information content (AvgIpc) is 2.46. The summed E-state index contributed by atoms with van der Waals surface area (Å²) in [7, 11) is 0. The molecule has 2 atom stereocenters. The highest BCUT2D eigenvalue weighted by Gasteiger charge is 2.42. The maximum absolute atomic E-state index is 5.83. The van der Waals surface area contributed by atoms with E-state index in [1.165, 1.54) is 32.4 Å². The number of hydrogen-bond acceptors (Lipinski definition) is 2. The van der Waals surface area contributed by atoms with Crippen LogP contribution in [0, 0.1) is 17.3 Å². The predicted molar refractivity (Wildman–Crippen MR) is 64.7 cm³/mol. The van der Waals surface area contributed by atoms with Crippen LogP contribution >= 0.6 is 0 Å². The third-order valence-corrected chi connectivity index (χ3v) is 4.53. The van der Waals surface area contributed by atoms with E-state index in [0.717, 1.165) is 24.4 Å². The Morgan fingerprint density at radius 3 is 2.40 bits per heavy atom. The number of hydrogen-bond donors (Lipinski definition) is 1. The van der Waals surface area contributed by atoms with Crippen molar-refractivity contribution in [2.75, 3.05) is 19.6 Å². The second-order valence-corrected chi connectivity index (χ2v) is 6.51. The molecule has 1 saturated heterocycles. The smallest absolute Gasteiger partial charge is 0.0136 e. The molecule has 15 heavy (non-hydrogen) atoms. The molecule has 0 aromatic heterocycles. The normalized spacial score (nSPS) is 34.4. The fourth-order valence-electron chi connectivity index (χ4n) is 3.10. The Kier molecular flexibility index (Phi) is 3.09. The minimum Gasteiger partial charge on any atom is -0.330 e. The fraction of sp³-hybridized carbons (Fsp3) is 1.00. The number of rotatable bonds is 2. The zero-order chi connectivity index (χ0) is 11.1. The number of likely N-dealkylation sites (tertiary alicyclic amines) is 1. The second kappa shape index (κ2) is 4.06. The lowest BCUT2D eigenvalue weighted by atomic mass is 9.75. The van der Waals surface area contributed by atoms with E-state index in [1.54, 1.807) is 0 Å². The fourth-order valence-corrected chi connectivity index (χ4v) is 3.10. The Balaban J connectivity index is 1.84. The van der Waals surface area contributed by atoms with E-state index in [0.29, 0.717) is 5.41 Å². The van der Waals surface area contributed by atoms with Crippen LogP contribution in [0.15, 0.2) is 0 Å². The van der Waals surface area contributed by atoms with E-state index >= 15 is 0 Å². The molecule has 2 N–H and O–H groups in total. The van der Waals surface area contributed by atoms with E-state index < -0.39 is 0 Å². The van der Waals surface area contributed by atoms with Gasteiger partial charge in [0.1, 0.15) is 0 Å². The van der Waals surface area contributed by atoms with Gasteiger partial charge in [-0.15, -0.1) is 0 Å². The van der Waals surface area contributed by atoms with Crippen molar-refractivity contribution in [3.63, 3.8) is 0 Å². The quantitative estimate of drug-likeness (QED) is 0.756. The third kappa shape index (κ3) is 2.21. The zero-order valence-electron chi connectivity index (χ0n) is 10.5. The van der Waals surface area contributed by atoms with Crippen LogP contribution in [0.1, 0.15) is 40.0 Å². The first-order chi connectivity index (χ1) is 7.02. The van der Waals surface area contributed by atoms with Gasteiger partial charge < -0.3 is 5.73 Å². The molecule has 2 aliphatic rings. The van der Waals surface area contributed by atoms with Gasteiger partial charge in [0.15, 0.2) is 0 Å². The topological polar surface area (TPSA) is 29.3 Å². The van der Waals surface area contributed by atoms with Gasteiger partial charge in [-0.1, -0.05) is 27.2 Å². The molecule has 0 aromatic carbocycles. The minimum absolute atomic E-state index is 0.493. The molecule has 0 bridgehead atoms.